The number of aliphatic hydroxyl groups is 4. The second kappa shape index (κ2) is 13.3. The highest BCUT2D eigenvalue weighted by atomic mass is 32.1. The molecule has 0 radical (unpaired) electrons. The third-order valence-corrected chi connectivity index (χ3v) is 1.99. The molecule has 102 valence electrons. The average Bonchev–Trinajstić information content (AvgIpc) is 2.24. The number of carboxylic acid groups (broad SMARTS) is 1. The van der Waals surface area contributed by atoms with E-state index in [0.717, 1.165) is 25.7 Å². The summed E-state index contributed by atoms with van der Waals surface area (Å²) >= 11 is 4.08. The Kier molecular flexibility index (Phi) is 14.6. The highest BCUT2D eigenvalue weighted by Crippen LogP contribution is 1.96. The van der Waals surface area contributed by atoms with E-state index in [2.05, 4.69) is 12.2 Å². The van der Waals surface area contributed by atoms with Crippen LogP contribution >= 0.6 is 12.2 Å². The monoisotopic (exact) mass is 268 g/mol. The van der Waals surface area contributed by atoms with Crippen molar-refractivity contribution in [3.8, 4) is 0 Å². The van der Waals surface area contributed by atoms with Gasteiger partial charge in [0.15, 0.2) is 5.05 Å². The molecule has 0 aliphatic carbocycles. The van der Waals surface area contributed by atoms with Crippen LogP contribution in [0.25, 0.3) is 0 Å². The molecule has 0 amide bonds. The van der Waals surface area contributed by atoms with E-state index in [9.17, 15) is 4.79 Å². The van der Waals surface area contributed by atoms with Crippen LogP contribution in [0.5, 0.6) is 0 Å². The maximum atomic E-state index is 9.78. The molecule has 1 atom stereocenters. The third-order valence-electron chi connectivity index (χ3n) is 1.72. The molecule has 0 aliphatic heterocycles. The lowest BCUT2D eigenvalue weighted by atomic mass is 10.2. The molecule has 0 aliphatic rings. The van der Waals surface area contributed by atoms with E-state index >= 15 is 0 Å². The fourth-order valence-electron chi connectivity index (χ4n) is 0.830. The van der Waals surface area contributed by atoms with Gasteiger partial charge in [0, 0.05) is 13.2 Å². The van der Waals surface area contributed by atoms with Crippen LogP contribution in [-0.4, -0.2) is 55.9 Å². The second-order valence-corrected chi connectivity index (χ2v) is 3.73. The molecule has 17 heavy (non-hydrogen) atoms. The van der Waals surface area contributed by atoms with Gasteiger partial charge >= 0.3 is 5.97 Å². The maximum absolute atomic E-state index is 9.78. The Morgan fingerprint density at radius 2 is 1.41 bits per heavy atom. The minimum absolute atomic E-state index is 0.283. The highest BCUT2D eigenvalue weighted by molar-refractivity contribution is 7.80. The van der Waals surface area contributed by atoms with E-state index in [1.165, 1.54) is 0 Å². The van der Waals surface area contributed by atoms with E-state index in [1.807, 2.05) is 0 Å². The summed E-state index contributed by atoms with van der Waals surface area (Å²) in [4.78, 5) is 9.78. The molecule has 0 bridgehead atoms. The molecular formula is C10H20O6S. The normalized spacial score (nSPS) is 11.2. The fourth-order valence-corrected chi connectivity index (χ4v) is 0.913. The van der Waals surface area contributed by atoms with Gasteiger partial charge in [0.25, 0.3) is 0 Å². The van der Waals surface area contributed by atoms with Gasteiger partial charge in [-0.25, -0.2) is 0 Å². The summed E-state index contributed by atoms with van der Waals surface area (Å²) in [6.07, 6.45) is 1.86. The number of carboxylic acids is 1. The summed E-state index contributed by atoms with van der Waals surface area (Å²) in [5.41, 5.74) is 0. The lowest BCUT2D eigenvalue weighted by Crippen LogP contribution is -2.21. The Morgan fingerprint density at radius 3 is 1.59 bits per heavy atom. The Morgan fingerprint density at radius 1 is 1.00 bits per heavy atom. The largest absolute Gasteiger partial charge is 0.500 e. The predicted molar refractivity (Wildman–Crippen MR) is 66.1 cm³/mol. The molecule has 0 rings (SSSR count). The molecule has 0 aromatic rings. The minimum Gasteiger partial charge on any atom is -0.500 e. The van der Waals surface area contributed by atoms with Crippen molar-refractivity contribution in [3.05, 3.63) is 0 Å². The van der Waals surface area contributed by atoms with Crippen molar-refractivity contribution in [2.45, 2.75) is 38.2 Å². The molecule has 5 N–H and O–H groups in total. The van der Waals surface area contributed by atoms with Crippen LogP contribution in [0.4, 0.5) is 0 Å². The molecule has 0 saturated heterocycles. The van der Waals surface area contributed by atoms with Crippen molar-refractivity contribution in [2.75, 3.05) is 13.2 Å². The van der Waals surface area contributed by atoms with Crippen LogP contribution < -0.4 is 0 Å². The van der Waals surface area contributed by atoms with E-state index in [0.29, 0.717) is 0 Å². The minimum atomic E-state index is -1.42. The average molecular weight is 268 g/mol. The summed E-state index contributed by atoms with van der Waals surface area (Å²) in [7, 11) is 0. The van der Waals surface area contributed by atoms with Crippen molar-refractivity contribution in [1.82, 2.24) is 0 Å². The van der Waals surface area contributed by atoms with Gasteiger partial charge < -0.3 is 25.5 Å². The smallest absolute Gasteiger partial charge is 0.306 e. The van der Waals surface area contributed by atoms with Crippen LogP contribution in [0.15, 0.2) is 0 Å². The van der Waals surface area contributed by atoms with Crippen molar-refractivity contribution in [2.24, 2.45) is 0 Å². The summed E-state index contributed by atoms with van der Waals surface area (Å²) in [6.45, 7) is 0.566. The summed E-state index contributed by atoms with van der Waals surface area (Å²) < 4.78 is 0. The van der Waals surface area contributed by atoms with E-state index in [1.54, 1.807) is 0 Å². The number of rotatable bonds is 8. The van der Waals surface area contributed by atoms with Crippen molar-refractivity contribution < 1.29 is 30.3 Å². The lowest BCUT2D eigenvalue weighted by molar-refractivity contribution is -0.138. The molecule has 7 heteroatoms. The Hall–Kier alpha value is -0.760. The number of hydrogen-bond donors (Lipinski definition) is 5. The highest BCUT2D eigenvalue weighted by Gasteiger charge is 2.12. The second-order valence-electron chi connectivity index (χ2n) is 3.31. The van der Waals surface area contributed by atoms with E-state index in [4.69, 9.17) is 25.5 Å². The third kappa shape index (κ3) is 17.8. The van der Waals surface area contributed by atoms with Gasteiger partial charge in [-0.1, -0.05) is 12.8 Å². The first-order chi connectivity index (χ1) is 7.95. The van der Waals surface area contributed by atoms with Crippen LogP contribution in [-0.2, 0) is 4.79 Å². The predicted octanol–water partition coefficient (Wildman–Crippen LogP) is 0.239. The van der Waals surface area contributed by atoms with Gasteiger partial charge in [-0.2, -0.15) is 0 Å². The van der Waals surface area contributed by atoms with Gasteiger partial charge in [0.2, 0.25) is 0 Å². The first kappa shape index (κ1) is 18.6. The van der Waals surface area contributed by atoms with Crippen LogP contribution in [0, 0.1) is 0 Å². The van der Waals surface area contributed by atoms with Gasteiger partial charge in [0.1, 0.15) is 6.10 Å². The molecule has 0 spiro atoms. The standard InChI is InChI=1S/C6H14O2.C4H6O4S/c7-5-3-1-2-4-6-8;5-2(4(8)9)1-3(6)7/h7-8H,1-6H2;2,5H,1H2,(H,6,7)(H,8,9). The molecular weight excluding hydrogens is 248 g/mol. The van der Waals surface area contributed by atoms with Crippen molar-refractivity contribution >= 4 is 23.2 Å². The Labute approximate surface area is 106 Å². The van der Waals surface area contributed by atoms with Crippen LogP contribution in [0.3, 0.4) is 0 Å². The van der Waals surface area contributed by atoms with E-state index < -0.39 is 23.5 Å². The first-order valence-electron chi connectivity index (χ1n) is 5.30. The number of carbonyl (C=O) groups is 1. The lowest BCUT2D eigenvalue weighted by Gasteiger charge is -2.01. The quantitative estimate of drug-likeness (QED) is 0.316. The number of aliphatic carboxylic acids is 1. The summed E-state index contributed by atoms with van der Waals surface area (Å²) in [5.74, 6) is -1.20. The molecule has 0 aromatic carbocycles. The van der Waals surface area contributed by atoms with Gasteiger partial charge in [-0.05, 0) is 25.1 Å². The molecule has 1 unspecified atom stereocenters. The van der Waals surface area contributed by atoms with Crippen LogP contribution in [0.1, 0.15) is 32.1 Å². The number of hydrogen-bond acceptors (Lipinski definition) is 5. The zero-order valence-electron chi connectivity index (χ0n) is 9.58. The number of aliphatic hydroxyl groups excluding tert-OH is 4. The number of unbranched alkanes of at least 4 members (excludes halogenated alkanes) is 3. The zero-order valence-corrected chi connectivity index (χ0v) is 10.4. The summed E-state index contributed by atoms with van der Waals surface area (Å²) in [5, 5.41) is 40.7. The van der Waals surface area contributed by atoms with E-state index in [-0.39, 0.29) is 13.2 Å². The Bertz CT molecular complexity index is 203. The van der Waals surface area contributed by atoms with Crippen LogP contribution in [0.2, 0.25) is 0 Å². The van der Waals surface area contributed by atoms with Crippen molar-refractivity contribution in [1.29, 1.82) is 0 Å². The molecule has 0 fully saturated rings. The Balaban J connectivity index is 0. The van der Waals surface area contributed by atoms with Crippen molar-refractivity contribution in [3.63, 3.8) is 0 Å². The first-order valence-corrected chi connectivity index (χ1v) is 5.70. The molecule has 0 saturated carbocycles. The number of thiocarbonyl (C=S) groups is 1. The molecule has 6 nitrogen and oxygen atoms in total. The SMILES string of the molecule is O=C(O)CC(O)C(O)=S.OCCCCCCO. The fraction of sp³-hybridized carbons (Fsp3) is 0.800. The topological polar surface area (TPSA) is 118 Å². The summed E-state index contributed by atoms with van der Waals surface area (Å²) in [6, 6.07) is 0. The maximum Gasteiger partial charge on any atom is 0.306 e. The van der Waals surface area contributed by atoms with Gasteiger partial charge in [-0.3, -0.25) is 4.79 Å². The zero-order chi connectivity index (χ0) is 13.7. The molecule has 0 aromatic heterocycles. The molecule has 0 heterocycles. The van der Waals surface area contributed by atoms with Gasteiger partial charge in [0.05, 0.1) is 6.42 Å². The van der Waals surface area contributed by atoms with Gasteiger partial charge in [-0.15, -0.1) is 0 Å².